The van der Waals surface area contributed by atoms with Gasteiger partial charge in [0.1, 0.15) is 0 Å². The van der Waals surface area contributed by atoms with E-state index in [1.165, 1.54) is 7.11 Å². The number of hydrogen-bond donors (Lipinski definition) is 1. The van der Waals surface area contributed by atoms with Crippen LogP contribution in [0.15, 0.2) is 24.3 Å². The molecule has 0 atom stereocenters. The van der Waals surface area contributed by atoms with Gasteiger partial charge in [0, 0.05) is 31.7 Å². The van der Waals surface area contributed by atoms with E-state index >= 15 is 0 Å². The van der Waals surface area contributed by atoms with Crippen molar-refractivity contribution in [3.63, 3.8) is 0 Å². The van der Waals surface area contributed by atoms with E-state index < -0.39 is 0 Å². The van der Waals surface area contributed by atoms with E-state index in [9.17, 15) is 9.59 Å². The summed E-state index contributed by atoms with van der Waals surface area (Å²) in [7, 11) is 1.36. The van der Waals surface area contributed by atoms with Gasteiger partial charge in [0.2, 0.25) is 5.91 Å². The molecule has 1 rings (SSSR count). The number of rotatable bonds is 9. The molecule has 0 aliphatic carbocycles. The molecule has 0 bridgehead atoms. The molecular formula is C17H26N2O3. The summed E-state index contributed by atoms with van der Waals surface area (Å²) in [6.45, 7) is 6.38. The highest BCUT2D eigenvalue weighted by Gasteiger charge is 2.11. The Morgan fingerprint density at radius 2 is 1.68 bits per heavy atom. The molecule has 1 aromatic carbocycles. The predicted octanol–water partition coefficient (Wildman–Crippen LogP) is 2.92. The van der Waals surface area contributed by atoms with Gasteiger partial charge in [-0.1, -0.05) is 13.8 Å². The van der Waals surface area contributed by atoms with Gasteiger partial charge in [0.15, 0.2) is 0 Å². The Balaban J connectivity index is 2.42. The van der Waals surface area contributed by atoms with Crippen LogP contribution >= 0.6 is 0 Å². The highest BCUT2D eigenvalue weighted by molar-refractivity contribution is 5.89. The standard InChI is InChI=1S/C17H26N2O3/c1-4-12-19(13-5-2)16(20)10-11-18-15-8-6-14(7-9-15)17(21)22-3/h6-9,18H,4-5,10-13H2,1-3H3. The summed E-state index contributed by atoms with van der Waals surface area (Å²) in [5.74, 6) is -0.168. The van der Waals surface area contributed by atoms with E-state index in [0.29, 0.717) is 18.5 Å². The zero-order valence-corrected chi connectivity index (χ0v) is 13.7. The van der Waals surface area contributed by atoms with E-state index in [4.69, 9.17) is 0 Å². The van der Waals surface area contributed by atoms with Crippen molar-refractivity contribution in [3.8, 4) is 0 Å². The molecule has 0 unspecified atom stereocenters. The SMILES string of the molecule is CCCN(CCC)C(=O)CCNc1ccc(C(=O)OC)cc1. The number of nitrogens with zero attached hydrogens (tertiary/aromatic N) is 1. The Hall–Kier alpha value is -2.04. The molecule has 0 aliphatic heterocycles. The summed E-state index contributed by atoms with van der Waals surface area (Å²) in [5, 5.41) is 3.20. The lowest BCUT2D eigenvalue weighted by Crippen LogP contribution is -2.33. The molecule has 5 nitrogen and oxygen atoms in total. The van der Waals surface area contributed by atoms with Crippen LogP contribution in [0.2, 0.25) is 0 Å². The van der Waals surface area contributed by atoms with Crippen molar-refractivity contribution >= 4 is 17.6 Å². The molecule has 0 saturated heterocycles. The molecule has 1 N–H and O–H groups in total. The Labute approximate surface area is 132 Å². The largest absolute Gasteiger partial charge is 0.465 e. The fourth-order valence-electron chi connectivity index (χ4n) is 2.21. The molecule has 0 heterocycles. The average Bonchev–Trinajstić information content (AvgIpc) is 2.54. The smallest absolute Gasteiger partial charge is 0.337 e. The number of methoxy groups -OCH3 is 1. The third-order valence-electron chi connectivity index (χ3n) is 3.31. The molecule has 22 heavy (non-hydrogen) atoms. The number of hydrogen-bond acceptors (Lipinski definition) is 4. The summed E-state index contributed by atoms with van der Waals surface area (Å²) in [6.07, 6.45) is 2.43. The highest BCUT2D eigenvalue weighted by Crippen LogP contribution is 2.10. The zero-order chi connectivity index (χ0) is 16.4. The molecule has 0 aliphatic rings. The molecule has 1 aromatic rings. The topological polar surface area (TPSA) is 58.6 Å². The lowest BCUT2D eigenvalue weighted by molar-refractivity contribution is -0.131. The van der Waals surface area contributed by atoms with Crippen molar-refractivity contribution in [1.82, 2.24) is 4.90 Å². The van der Waals surface area contributed by atoms with E-state index in [1.54, 1.807) is 12.1 Å². The molecule has 0 aromatic heterocycles. The zero-order valence-electron chi connectivity index (χ0n) is 13.7. The fourth-order valence-corrected chi connectivity index (χ4v) is 2.21. The van der Waals surface area contributed by atoms with Gasteiger partial charge in [-0.15, -0.1) is 0 Å². The minimum absolute atomic E-state index is 0.183. The number of ether oxygens (including phenoxy) is 1. The van der Waals surface area contributed by atoms with Crippen LogP contribution in [0.3, 0.4) is 0 Å². The highest BCUT2D eigenvalue weighted by atomic mass is 16.5. The van der Waals surface area contributed by atoms with Crippen molar-refractivity contribution in [1.29, 1.82) is 0 Å². The van der Waals surface area contributed by atoms with Crippen LogP contribution in [-0.2, 0) is 9.53 Å². The number of esters is 1. The van der Waals surface area contributed by atoms with Crippen molar-refractivity contribution < 1.29 is 14.3 Å². The van der Waals surface area contributed by atoms with Gasteiger partial charge in [-0.05, 0) is 37.1 Å². The Morgan fingerprint density at radius 3 is 2.18 bits per heavy atom. The molecule has 5 heteroatoms. The summed E-state index contributed by atoms with van der Waals surface area (Å²) in [5.41, 5.74) is 1.40. The van der Waals surface area contributed by atoms with Gasteiger partial charge in [-0.2, -0.15) is 0 Å². The van der Waals surface area contributed by atoms with Crippen LogP contribution in [-0.4, -0.2) is 43.5 Å². The first-order valence-electron chi connectivity index (χ1n) is 7.82. The third kappa shape index (κ3) is 5.76. The lowest BCUT2D eigenvalue weighted by Gasteiger charge is -2.21. The maximum absolute atomic E-state index is 12.1. The summed E-state index contributed by atoms with van der Waals surface area (Å²) in [4.78, 5) is 25.4. The van der Waals surface area contributed by atoms with Crippen molar-refractivity contribution in [2.24, 2.45) is 0 Å². The number of nitrogens with one attached hydrogen (secondary N) is 1. The molecule has 122 valence electrons. The van der Waals surface area contributed by atoms with Gasteiger partial charge in [-0.25, -0.2) is 4.79 Å². The van der Waals surface area contributed by atoms with Gasteiger partial charge >= 0.3 is 5.97 Å². The second-order valence-electron chi connectivity index (χ2n) is 5.13. The number of carbonyl (C=O) groups is 2. The van der Waals surface area contributed by atoms with Crippen LogP contribution in [0.1, 0.15) is 43.5 Å². The number of benzene rings is 1. The minimum atomic E-state index is -0.350. The Kier molecular flexibility index (Phi) is 8.04. The quantitative estimate of drug-likeness (QED) is 0.713. The van der Waals surface area contributed by atoms with E-state index in [0.717, 1.165) is 31.6 Å². The van der Waals surface area contributed by atoms with E-state index in [2.05, 4.69) is 23.9 Å². The summed E-state index contributed by atoms with van der Waals surface area (Å²) in [6, 6.07) is 7.03. The van der Waals surface area contributed by atoms with Crippen molar-refractivity contribution in [2.75, 3.05) is 32.1 Å². The normalized spacial score (nSPS) is 10.1. The first-order chi connectivity index (χ1) is 10.6. The van der Waals surface area contributed by atoms with Gasteiger partial charge < -0.3 is 15.0 Å². The second kappa shape index (κ2) is 9.82. The Bertz CT molecular complexity index is 465. The molecule has 0 radical (unpaired) electrons. The second-order valence-corrected chi connectivity index (χ2v) is 5.13. The maximum atomic E-state index is 12.1. The third-order valence-corrected chi connectivity index (χ3v) is 3.31. The van der Waals surface area contributed by atoms with Gasteiger partial charge in [-0.3, -0.25) is 4.79 Å². The van der Waals surface area contributed by atoms with E-state index in [1.807, 2.05) is 17.0 Å². The summed E-state index contributed by atoms with van der Waals surface area (Å²) >= 11 is 0. The van der Waals surface area contributed by atoms with Crippen LogP contribution in [0.25, 0.3) is 0 Å². The summed E-state index contributed by atoms with van der Waals surface area (Å²) < 4.78 is 4.65. The Morgan fingerprint density at radius 1 is 1.09 bits per heavy atom. The van der Waals surface area contributed by atoms with Crippen molar-refractivity contribution in [2.45, 2.75) is 33.1 Å². The average molecular weight is 306 g/mol. The van der Waals surface area contributed by atoms with Crippen LogP contribution in [0, 0.1) is 0 Å². The monoisotopic (exact) mass is 306 g/mol. The van der Waals surface area contributed by atoms with Crippen molar-refractivity contribution in [3.05, 3.63) is 29.8 Å². The maximum Gasteiger partial charge on any atom is 0.337 e. The minimum Gasteiger partial charge on any atom is -0.465 e. The number of amides is 1. The van der Waals surface area contributed by atoms with Crippen LogP contribution < -0.4 is 5.32 Å². The molecule has 1 amide bonds. The first-order valence-corrected chi connectivity index (χ1v) is 7.82. The van der Waals surface area contributed by atoms with Crippen LogP contribution in [0.4, 0.5) is 5.69 Å². The van der Waals surface area contributed by atoms with Gasteiger partial charge in [0.05, 0.1) is 12.7 Å². The lowest BCUT2D eigenvalue weighted by atomic mass is 10.2. The number of carbonyl (C=O) groups excluding carboxylic acids is 2. The molecule has 0 fully saturated rings. The first kappa shape index (κ1) is 18.0. The molecular weight excluding hydrogens is 280 g/mol. The van der Waals surface area contributed by atoms with E-state index in [-0.39, 0.29) is 11.9 Å². The van der Waals surface area contributed by atoms with Gasteiger partial charge in [0.25, 0.3) is 0 Å². The predicted molar refractivity (Wildman–Crippen MR) is 88.1 cm³/mol. The molecule has 0 spiro atoms. The number of anilines is 1. The fraction of sp³-hybridized carbons (Fsp3) is 0.529. The molecule has 0 saturated carbocycles. The van der Waals surface area contributed by atoms with Crippen LogP contribution in [0.5, 0.6) is 0 Å².